The highest BCUT2D eigenvalue weighted by atomic mass is 28.4. The zero-order valence-corrected chi connectivity index (χ0v) is 19.8. The normalized spacial score (nSPS) is 24.2. The van der Waals surface area contributed by atoms with Gasteiger partial charge in [-0.15, -0.1) is 0 Å². The minimum Gasteiger partial charge on any atom is -0.467 e. The van der Waals surface area contributed by atoms with E-state index in [0.717, 1.165) is 10.4 Å². The van der Waals surface area contributed by atoms with Crippen molar-refractivity contribution in [3.05, 3.63) is 60.7 Å². The van der Waals surface area contributed by atoms with Crippen LogP contribution < -0.4 is 10.4 Å². The molecule has 6 nitrogen and oxygen atoms in total. The predicted molar refractivity (Wildman–Crippen MR) is 121 cm³/mol. The van der Waals surface area contributed by atoms with Crippen LogP contribution in [-0.4, -0.2) is 64.6 Å². The van der Waals surface area contributed by atoms with Gasteiger partial charge in [-0.2, -0.15) is 0 Å². The van der Waals surface area contributed by atoms with Gasteiger partial charge in [0.1, 0.15) is 18.3 Å². The molecule has 1 aliphatic heterocycles. The van der Waals surface area contributed by atoms with Crippen LogP contribution in [0.4, 0.5) is 0 Å². The largest absolute Gasteiger partial charge is 0.467 e. The number of hydrogen-bond acceptors (Lipinski definition) is 6. The lowest BCUT2D eigenvalue weighted by atomic mass is 10.1. The molecule has 0 unspecified atom stereocenters. The molecule has 0 saturated carbocycles. The Kier molecular flexibility index (Phi) is 7.34. The van der Waals surface area contributed by atoms with E-state index in [-0.39, 0.29) is 11.6 Å². The predicted octanol–water partition coefficient (Wildman–Crippen LogP) is 1.88. The van der Waals surface area contributed by atoms with Crippen molar-refractivity contribution in [2.24, 2.45) is 0 Å². The van der Waals surface area contributed by atoms with Crippen molar-refractivity contribution in [3.8, 4) is 0 Å². The minimum absolute atomic E-state index is 0.127. The maximum atomic E-state index is 12.1. The molecule has 168 valence electrons. The second kappa shape index (κ2) is 9.63. The van der Waals surface area contributed by atoms with Crippen LogP contribution in [0.5, 0.6) is 0 Å². The highest BCUT2D eigenvalue weighted by Crippen LogP contribution is 2.37. The van der Waals surface area contributed by atoms with E-state index < -0.39 is 38.7 Å². The molecule has 1 N–H and O–H groups in total. The van der Waals surface area contributed by atoms with E-state index in [2.05, 4.69) is 45.0 Å². The van der Waals surface area contributed by atoms with Gasteiger partial charge in [-0.3, -0.25) is 0 Å². The van der Waals surface area contributed by atoms with E-state index >= 15 is 0 Å². The topological polar surface area (TPSA) is 74.2 Å². The van der Waals surface area contributed by atoms with Crippen LogP contribution in [0.25, 0.3) is 0 Å². The summed E-state index contributed by atoms with van der Waals surface area (Å²) >= 11 is 0. The summed E-state index contributed by atoms with van der Waals surface area (Å²) in [5.41, 5.74) is 0. The smallest absolute Gasteiger partial charge is 0.337 e. The van der Waals surface area contributed by atoms with Gasteiger partial charge < -0.3 is 23.7 Å². The molecule has 0 bridgehead atoms. The molecule has 0 spiro atoms. The summed E-state index contributed by atoms with van der Waals surface area (Å²) in [5.74, 6) is -0.571. The second-order valence-electron chi connectivity index (χ2n) is 8.78. The number of carbonyl (C=O) groups excluding carboxylic acids is 1. The molecule has 7 heteroatoms. The first-order valence-corrected chi connectivity index (χ1v) is 12.4. The fraction of sp³-hybridized carbons (Fsp3) is 0.458. The van der Waals surface area contributed by atoms with E-state index in [1.165, 1.54) is 14.2 Å². The number of carbonyl (C=O) groups is 1. The average Bonchev–Trinajstić information content (AvgIpc) is 3.09. The van der Waals surface area contributed by atoms with Crippen molar-refractivity contribution in [3.63, 3.8) is 0 Å². The number of aliphatic hydroxyl groups excluding tert-OH is 1. The van der Waals surface area contributed by atoms with Crippen molar-refractivity contribution < 1.29 is 28.5 Å². The Labute approximate surface area is 185 Å². The summed E-state index contributed by atoms with van der Waals surface area (Å²) in [6, 6.07) is 20.5. The molecule has 0 amide bonds. The summed E-state index contributed by atoms with van der Waals surface area (Å²) in [5, 5.41) is 12.8. The third-order valence-electron chi connectivity index (χ3n) is 5.92. The summed E-state index contributed by atoms with van der Waals surface area (Å²) in [6.07, 6.45) is -3.51. The Morgan fingerprint density at radius 1 is 1.00 bits per heavy atom. The zero-order valence-electron chi connectivity index (χ0n) is 18.8. The van der Waals surface area contributed by atoms with Crippen molar-refractivity contribution in [1.29, 1.82) is 0 Å². The van der Waals surface area contributed by atoms with Gasteiger partial charge in [0.05, 0.1) is 13.7 Å². The Balaban J connectivity index is 1.98. The van der Waals surface area contributed by atoms with Crippen LogP contribution in [0.15, 0.2) is 60.7 Å². The van der Waals surface area contributed by atoms with Crippen LogP contribution in [0.3, 0.4) is 0 Å². The van der Waals surface area contributed by atoms with Crippen molar-refractivity contribution in [2.75, 3.05) is 20.8 Å². The standard InChI is InChI=1S/C24H32O6Si/c1-24(2,3)31(17-12-8-6-9-13-17,18-14-10-7-11-15-18)29-16-19-20(25)21(27-4)22(30-19)23(26)28-5/h6-15,19-22,25H,16H2,1-5H3/t19-,20+,21-,22+/m1/s1. The van der Waals surface area contributed by atoms with Gasteiger partial charge in [0.15, 0.2) is 6.10 Å². The Morgan fingerprint density at radius 2 is 1.52 bits per heavy atom. The first kappa shape index (κ1) is 23.6. The molecule has 2 aromatic carbocycles. The summed E-state index contributed by atoms with van der Waals surface area (Å²) in [6.45, 7) is 6.67. The van der Waals surface area contributed by atoms with Gasteiger partial charge in [0.25, 0.3) is 8.32 Å². The molecular formula is C24H32O6Si. The van der Waals surface area contributed by atoms with Crippen LogP contribution in [0, 0.1) is 0 Å². The highest BCUT2D eigenvalue weighted by Gasteiger charge is 2.53. The van der Waals surface area contributed by atoms with Crippen molar-refractivity contribution in [1.82, 2.24) is 0 Å². The van der Waals surface area contributed by atoms with E-state index in [1.807, 2.05) is 36.4 Å². The molecule has 0 aromatic heterocycles. The first-order valence-electron chi connectivity index (χ1n) is 10.5. The minimum atomic E-state index is -2.78. The number of esters is 1. The van der Waals surface area contributed by atoms with Crippen molar-refractivity contribution >= 4 is 24.7 Å². The molecular weight excluding hydrogens is 412 g/mol. The van der Waals surface area contributed by atoms with E-state index in [4.69, 9.17) is 18.6 Å². The maximum absolute atomic E-state index is 12.1. The Hall–Kier alpha value is -2.03. The number of benzene rings is 2. The summed E-state index contributed by atoms with van der Waals surface area (Å²) < 4.78 is 22.8. The van der Waals surface area contributed by atoms with Crippen LogP contribution >= 0.6 is 0 Å². The molecule has 31 heavy (non-hydrogen) atoms. The van der Waals surface area contributed by atoms with E-state index in [0.29, 0.717) is 0 Å². The SMILES string of the molecule is COC(=O)[C@H]1O[C@H](CO[Si](c2ccccc2)(c2ccccc2)C(C)(C)C)[C@H](O)[C@H]1OC. The number of hydrogen-bond donors (Lipinski definition) is 1. The third kappa shape index (κ3) is 4.47. The van der Waals surface area contributed by atoms with E-state index in [9.17, 15) is 9.90 Å². The number of aliphatic hydroxyl groups is 1. The number of rotatable bonds is 7. The van der Waals surface area contributed by atoms with Gasteiger partial charge in [0.2, 0.25) is 0 Å². The second-order valence-corrected chi connectivity index (χ2v) is 13.1. The lowest BCUT2D eigenvalue weighted by molar-refractivity contribution is -0.158. The molecule has 4 atom stereocenters. The zero-order chi connectivity index (χ0) is 22.6. The maximum Gasteiger partial charge on any atom is 0.337 e. The summed E-state index contributed by atoms with van der Waals surface area (Å²) in [7, 11) is -0.0526. The average molecular weight is 445 g/mol. The molecule has 0 aliphatic carbocycles. The highest BCUT2D eigenvalue weighted by molar-refractivity contribution is 6.99. The molecule has 1 aliphatic rings. The van der Waals surface area contributed by atoms with Gasteiger partial charge in [-0.05, 0) is 15.4 Å². The number of ether oxygens (including phenoxy) is 3. The lowest BCUT2D eigenvalue weighted by Gasteiger charge is -2.43. The fourth-order valence-electron chi connectivity index (χ4n) is 4.41. The molecule has 3 rings (SSSR count). The molecule has 1 heterocycles. The Bertz CT molecular complexity index is 812. The fourth-order valence-corrected chi connectivity index (χ4v) is 8.98. The van der Waals surface area contributed by atoms with Crippen LogP contribution in [-0.2, 0) is 23.4 Å². The molecule has 1 fully saturated rings. The van der Waals surface area contributed by atoms with Crippen LogP contribution in [0.2, 0.25) is 5.04 Å². The van der Waals surface area contributed by atoms with Gasteiger partial charge >= 0.3 is 5.97 Å². The molecule has 0 radical (unpaired) electrons. The Morgan fingerprint density at radius 3 is 1.94 bits per heavy atom. The van der Waals surface area contributed by atoms with Crippen LogP contribution in [0.1, 0.15) is 20.8 Å². The van der Waals surface area contributed by atoms with E-state index in [1.54, 1.807) is 0 Å². The third-order valence-corrected chi connectivity index (χ3v) is 10.9. The molecule has 2 aromatic rings. The van der Waals surface area contributed by atoms with Gasteiger partial charge in [-0.25, -0.2) is 4.79 Å². The quantitative estimate of drug-likeness (QED) is 0.519. The van der Waals surface area contributed by atoms with Gasteiger partial charge in [0, 0.05) is 7.11 Å². The lowest BCUT2D eigenvalue weighted by Crippen LogP contribution is -2.67. The number of methoxy groups -OCH3 is 2. The first-order chi connectivity index (χ1) is 14.8. The summed E-state index contributed by atoms with van der Waals surface area (Å²) in [4.78, 5) is 12.1. The van der Waals surface area contributed by atoms with Crippen molar-refractivity contribution in [2.45, 2.75) is 50.2 Å². The monoisotopic (exact) mass is 444 g/mol. The molecule has 1 saturated heterocycles. The van der Waals surface area contributed by atoms with Gasteiger partial charge in [-0.1, -0.05) is 81.4 Å².